The molecular formula is C8H16N2O. The molecule has 0 aromatic rings. The molecule has 2 aliphatic heterocycles. The first-order valence-electron chi connectivity index (χ1n) is 4.43. The zero-order valence-electron chi connectivity index (χ0n) is 6.84. The van der Waals surface area contributed by atoms with Crippen LogP contribution in [-0.4, -0.2) is 48.3 Å². The molecule has 0 aromatic heterocycles. The first-order chi connectivity index (χ1) is 5.35. The Morgan fingerprint density at radius 1 is 1.45 bits per heavy atom. The molecule has 0 saturated carbocycles. The highest BCUT2D eigenvalue weighted by molar-refractivity contribution is 5.03. The first-order valence-corrected chi connectivity index (χ1v) is 4.43. The maximum atomic E-state index is 8.73. The molecule has 0 amide bonds. The Morgan fingerprint density at radius 3 is 2.73 bits per heavy atom. The van der Waals surface area contributed by atoms with Crippen LogP contribution in [0.15, 0.2) is 0 Å². The average molecular weight is 156 g/mol. The normalized spacial score (nSPS) is 37.9. The Kier molecular flexibility index (Phi) is 1.87. The van der Waals surface area contributed by atoms with E-state index in [0.717, 1.165) is 19.6 Å². The van der Waals surface area contributed by atoms with Crippen molar-refractivity contribution >= 4 is 0 Å². The lowest BCUT2D eigenvalue weighted by atomic mass is 9.87. The molecule has 0 aliphatic carbocycles. The fourth-order valence-corrected chi connectivity index (χ4v) is 2.12. The van der Waals surface area contributed by atoms with Gasteiger partial charge in [0, 0.05) is 25.2 Å². The molecule has 1 spiro atoms. The minimum atomic E-state index is 0.302. The SMILES string of the molecule is OCCN1CC[C@]2(CCN2)C1. The summed E-state index contributed by atoms with van der Waals surface area (Å²) >= 11 is 0. The Morgan fingerprint density at radius 2 is 2.27 bits per heavy atom. The van der Waals surface area contributed by atoms with Gasteiger partial charge in [-0.1, -0.05) is 0 Å². The van der Waals surface area contributed by atoms with Gasteiger partial charge >= 0.3 is 0 Å². The summed E-state index contributed by atoms with van der Waals surface area (Å²) in [7, 11) is 0. The standard InChI is InChI=1S/C8H16N2O/c11-6-5-10-4-2-8(7-10)1-3-9-8/h9,11H,1-7H2/t8-/m1/s1. The lowest BCUT2D eigenvalue weighted by Gasteiger charge is -2.40. The smallest absolute Gasteiger partial charge is 0.0558 e. The molecule has 2 rings (SSSR count). The summed E-state index contributed by atoms with van der Waals surface area (Å²) in [5, 5.41) is 12.2. The molecule has 64 valence electrons. The topological polar surface area (TPSA) is 35.5 Å². The van der Waals surface area contributed by atoms with Crippen LogP contribution in [-0.2, 0) is 0 Å². The maximum absolute atomic E-state index is 8.73. The van der Waals surface area contributed by atoms with Gasteiger partial charge in [0.05, 0.1) is 6.61 Å². The molecule has 0 aromatic carbocycles. The van der Waals surface area contributed by atoms with Crippen molar-refractivity contribution in [2.75, 3.05) is 32.8 Å². The molecule has 2 aliphatic rings. The van der Waals surface area contributed by atoms with E-state index >= 15 is 0 Å². The van der Waals surface area contributed by atoms with Crippen molar-refractivity contribution < 1.29 is 5.11 Å². The minimum absolute atomic E-state index is 0.302. The van der Waals surface area contributed by atoms with Gasteiger partial charge in [-0.3, -0.25) is 4.90 Å². The summed E-state index contributed by atoms with van der Waals surface area (Å²) in [6.07, 6.45) is 2.60. The summed E-state index contributed by atoms with van der Waals surface area (Å²) in [5.41, 5.74) is 0.454. The molecule has 2 fully saturated rings. The molecule has 0 bridgehead atoms. The van der Waals surface area contributed by atoms with E-state index in [0.29, 0.717) is 12.1 Å². The maximum Gasteiger partial charge on any atom is 0.0558 e. The highest BCUT2D eigenvalue weighted by Crippen LogP contribution is 2.29. The van der Waals surface area contributed by atoms with E-state index in [1.165, 1.54) is 19.4 Å². The van der Waals surface area contributed by atoms with Crippen molar-refractivity contribution in [3.63, 3.8) is 0 Å². The summed E-state index contributed by atoms with van der Waals surface area (Å²) in [6.45, 7) is 4.65. The molecule has 3 heteroatoms. The van der Waals surface area contributed by atoms with Crippen molar-refractivity contribution in [3.05, 3.63) is 0 Å². The lowest BCUT2D eigenvalue weighted by Crippen LogP contribution is -2.58. The van der Waals surface area contributed by atoms with Crippen LogP contribution in [0.3, 0.4) is 0 Å². The van der Waals surface area contributed by atoms with Crippen molar-refractivity contribution in [1.29, 1.82) is 0 Å². The summed E-state index contributed by atoms with van der Waals surface area (Å²) in [6, 6.07) is 0. The van der Waals surface area contributed by atoms with Crippen LogP contribution >= 0.6 is 0 Å². The van der Waals surface area contributed by atoms with Crippen LogP contribution in [0.1, 0.15) is 12.8 Å². The number of rotatable bonds is 2. The number of nitrogens with zero attached hydrogens (tertiary/aromatic N) is 1. The van der Waals surface area contributed by atoms with Gasteiger partial charge in [-0.2, -0.15) is 0 Å². The minimum Gasteiger partial charge on any atom is -0.395 e. The van der Waals surface area contributed by atoms with Gasteiger partial charge < -0.3 is 10.4 Å². The van der Waals surface area contributed by atoms with Crippen molar-refractivity contribution in [1.82, 2.24) is 10.2 Å². The van der Waals surface area contributed by atoms with Crippen molar-refractivity contribution in [2.45, 2.75) is 18.4 Å². The lowest BCUT2D eigenvalue weighted by molar-refractivity contribution is 0.178. The number of likely N-dealkylation sites (tertiary alicyclic amines) is 1. The monoisotopic (exact) mass is 156 g/mol. The number of hydrogen-bond acceptors (Lipinski definition) is 3. The van der Waals surface area contributed by atoms with E-state index in [1.54, 1.807) is 0 Å². The summed E-state index contributed by atoms with van der Waals surface area (Å²) in [4.78, 5) is 2.34. The van der Waals surface area contributed by atoms with E-state index in [9.17, 15) is 0 Å². The molecule has 0 radical (unpaired) electrons. The van der Waals surface area contributed by atoms with Crippen LogP contribution in [0, 0.1) is 0 Å². The van der Waals surface area contributed by atoms with Crippen LogP contribution in [0.2, 0.25) is 0 Å². The highest BCUT2D eigenvalue weighted by Gasteiger charge is 2.41. The van der Waals surface area contributed by atoms with Gasteiger partial charge in [0.2, 0.25) is 0 Å². The van der Waals surface area contributed by atoms with E-state index in [-0.39, 0.29) is 0 Å². The molecular weight excluding hydrogens is 140 g/mol. The third kappa shape index (κ3) is 1.28. The van der Waals surface area contributed by atoms with Crippen LogP contribution < -0.4 is 5.32 Å². The fourth-order valence-electron chi connectivity index (χ4n) is 2.12. The Hall–Kier alpha value is -0.120. The van der Waals surface area contributed by atoms with E-state index in [4.69, 9.17) is 5.11 Å². The largest absolute Gasteiger partial charge is 0.395 e. The molecule has 2 heterocycles. The molecule has 11 heavy (non-hydrogen) atoms. The van der Waals surface area contributed by atoms with Crippen LogP contribution in [0.5, 0.6) is 0 Å². The van der Waals surface area contributed by atoms with Gasteiger partial charge in [-0.15, -0.1) is 0 Å². The second-order valence-electron chi connectivity index (χ2n) is 3.71. The highest BCUT2D eigenvalue weighted by atomic mass is 16.3. The second-order valence-corrected chi connectivity index (χ2v) is 3.71. The molecule has 2 N–H and O–H groups in total. The van der Waals surface area contributed by atoms with Gasteiger partial charge in [-0.05, 0) is 19.4 Å². The molecule has 0 unspecified atom stereocenters. The average Bonchev–Trinajstić information content (AvgIpc) is 2.32. The van der Waals surface area contributed by atoms with E-state index in [1.807, 2.05) is 0 Å². The predicted molar refractivity (Wildman–Crippen MR) is 43.5 cm³/mol. The molecule has 2 saturated heterocycles. The van der Waals surface area contributed by atoms with Gasteiger partial charge in [0.25, 0.3) is 0 Å². The Balaban J connectivity index is 1.83. The van der Waals surface area contributed by atoms with Gasteiger partial charge in [0.15, 0.2) is 0 Å². The molecule has 3 nitrogen and oxygen atoms in total. The molecule has 1 atom stereocenters. The predicted octanol–water partition coefficient (Wildman–Crippen LogP) is -0.583. The summed E-state index contributed by atoms with van der Waals surface area (Å²) in [5.74, 6) is 0. The number of β-amino-alcohol motifs (C(OH)–C–C–N with tert-alkyl or cyclic N) is 1. The van der Waals surface area contributed by atoms with E-state index in [2.05, 4.69) is 10.2 Å². The van der Waals surface area contributed by atoms with Crippen LogP contribution in [0.4, 0.5) is 0 Å². The quantitative estimate of drug-likeness (QED) is 0.561. The fraction of sp³-hybridized carbons (Fsp3) is 1.00. The Labute approximate surface area is 67.4 Å². The number of nitrogens with one attached hydrogen (secondary N) is 1. The van der Waals surface area contributed by atoms with E-state index < -0.39 is 0 Å². The summed E-state index contributed by atoms with van der Waals surface area (Å²) < 4.78 is 0. The van der Waals surface area contributed by atoms with Gasteiger partial charge in [0.1, 0.15) is 0 Å². The van der Waals surface area contributed by atoms with Crippen LogP contribution in [0.25, 0.3) is 0 Å². The van der Waals surface area contributed by atoms with Crippen molar-refractivity contribution in [2.24, 2.45) is 0 Å². The second kappa shape index (κ2) is 2.73. The Bertz CT molecular complexity index is 145. The third-order valence-corrected chi connectivity index (χ3v) is 2.95. The number of aliphatic hydroxyl groups excluding tert-OH is 1. The zero-order valence-corrected chi connectivity index (χ0v) is 6.84. The van der Waals surface area contributed by atoms with Gasteiger partial charge in [-0.25, -0.2) is 0 Å². The number of aliphatic hydroxyl groups is 1. The van der Waals surface area contributed by atoms with Crippen molar-refractivity contribution in [3.8, 4) is 0 Å². The third-order valence-electron chi connectivity index (χ3n) is 2.95. The number of hydrogen-bond donors (Lipinski definition) is 2. The zero-order chi connectivity index (χ0) is 7.73. The first kappa shape index (κ1) is 7.53.